The van der Waals surface area contributed by atoms with Crippen molar-refractivity contribution in [1.82, 2.24) is 0 Å². The highest BCUT2D eigenvalue weighted by molar-refractivity contribution is 6.08. The second-order valence-electron chi connectivity index (χ2n) is 7.63. The molecule has 1 heterocycles. The molecular formula is C23H26O8. The molecule has 0 radical (unpaired) electrons. The summed E-state index contributed by atoms with van der Waals surface area (Å²) in [7, 11) is 6.01. The number of carbonyl (C=O) groups is 1. The molecule has 1 N–H and O–H groups in total. The fraction of sp³-hybridized carbons (Fsp3) is 0.435. The lowest BCUT2D eigenvalue weighted by molar-refractivity contribution is 0.0650. The van der Waals surface area contributed by atoms with E-state index in [1.807, 2.05) is 6.92 Å². The van der Waals surface area contributed by atoms with Gasteiger partial charge in [-0.25, -0.2) is 0 Å². The predicted molar refractivity (Wildman–Crippen MR) is 112 cm³/mol. The Bertz CT molecular complexity index is 1040. The van der Waals surface area contributed by atoms with Crippen LogP contribution in [0.4, 0.5) is 0 Å². The number of rotatable bonds is 4. The van der Waals surface area contributed by atoms with E-state index in [4.69, 9.17) is 28.4 Å². The summed E-state index contributed by atoms with van der Waals surface area (Å²) >= 11 is 0. The van der Waals surface area contributed by atoms with Crippen molar-refractivity contribution in [3.8, 4) is 45.6 Å². The highest BCUT2D eigenvalue weighted by atomic mass is 16.7. The molecule has 0 saturated heterocycles. The lowest BCUT2D eigenvalue weighted by Gasteiger charge is -2.32. The molecule has 3 atom stereocenters. The fourth-order valence-corrected chi connectivity index (χ4v) is 4.36. The van der Waals surface area contributed by atoms with Gasteiger partial charge in [-0.15, -0.1) is 0 Å². The van der Waals surface area contributed by atoms with Crippen LogP contribution in [0.25, 0.3) is 11.1 Å². The lowest BCUT2D eigenvalue weighted by Crippen LogP contribution is -2.27. The minimum absolute atomic E-state index is 0.0211. The van der Waals surface area contributed by atoms with Crippen molar-refractivity contribution in [2.24, 2.45) is 11.8 Å². The van der Waals surface area contributed by atoms with Crippen LogP contribution in [0.15, 0.2) is 12.1 Å². The number of fused-ring (bicyclic) bond motifs is 4. The van der Waals surface area contributed by atoms with E-state index in [1.54, 1.807) is 19.1 Å². The Morgan fingerprint density at radius 3 is 2.19 bits per heavy atom. The molecule has 2 aromatic rings. The van der Waals surface area contributed by atoms with Gasteiger partial charge in [-0.05, 0) is 23.6 Å². The molecule has 0 amide bonds. The van der Waals surface area contributed by atoms with Gasteiger partial charge in [-0.2, -0.15) is 0 Å². The number of methoxy groups -OCH3 is 4. The average molecular weight is 430 g/mol. The molecule has 1 aliphatic carbocycles. The molecule has 166 valence electrons. The summed E-state index contributed by atoms with van der Waals surface area (Å²) in [6, 6.07) is 3.39. The zero-order chi connectivity index (χ0) is 22.4. The summed E-state index contributed by atoms with van der Waals surface area (Å²) in [5.74, 6) is 1.26. The van der Waals surface area contributed by atoms with Crippen molar-refractivity contribution in [2.45, 2.75) is 20.0 Å². The Morgan fingerprint density at radius 1 is 0.903 bits per heavy atom. The van der Waals surface area contributed by atoms with Crippen LogP contribution in [0.5, 0.6) is 34.5 Å². The largest absolute Gasteiger partial charge is 0.493 e. The van der Waals surface area contributed by atoms with Crippen LogP contribution in [0.2, 0.25) is 0 Å². The first-order valence-corrected chi connectivity index (χ1v) is 9.95. The maximum Gasteiger partial charge on any atom is 0.231 e. The fourth-order valence-electron chi connectivity index (χ4n) is 4.36. The van der Waals surface area contributed by atoms with Gasteiger partial charge in [0, 0.05) is 22.6 Å². The molecule has 0 bridgehead atoms. The van der Waals surface area contributed by atoms with Crippen LogP contribution in [0.1, 0.15) is 35.9 Å². The Balaban J connectivity index is 2.21. The normalized spacial score (nSPS) is 21.5. The molecule has 0 unspecified atom stereocenters. The average Bonchev–Trinajstić information content (AvgIpc) is 3.27. The van der Waals surface area contributed by atoms with E-state index in [0.29, 0.717) is 56.8 Å². The molecule has 0 fully saturated rings. The van der Waals surface area contributed by atoms with Gasteiger partial charge >= 0.3 is 0 Å². The first kappa shape index (κ1) is 21.1. The van der Waals surface area contributed by atoms with Crippen molar-refractivity contribution >= 4 is 5.78 Å². The van der Waals surface area contributed by atoms with Crippen molar-refractivity contribution in [3.05, 3.63) is 23.3 Å². The molecule has 1 aliphatic heterocycles. The van der Waals surface area contributed by atoms with Gasteiger partial charge in [0.2, 0.25) is 18.3 Å². The molecule has 0 saturated carbocycles. The first-order chi connectivity index (χ1) is 14.9. The summed E-state index contributed by atoms with van der Waals surface area (Å²) < 4.78 is 33.7. The van der Waals surface area contributed by atoms with E-state index in [9.17, 15) is 9.90 Å². The molecule has 8 nitrogen and oxygen atoms in total. The predicted octanol–water partition coefficient (Wildman–Crippen LogP) is 3.62. The van der Waals surface area contributed by atoms with E-state index in [1.165, 1.54) is 28.4 Å². The second-order valence-corrected chi connectivity index (χ2v) is 7.63. The van der Waals surface area contributed by atoms with Gasteiger partial charge < -0.3 is 33.5 Å². The number of hydrogen-bond donors (Lipinski definition) is 1. The van der Waals surface area contributed by atoms with E-state index in [2.05, 4.69) is 0 Å². The number of ketones is 1. The highest BCUT2D eigenvalue weighted by Gasteiger charge is 2.40. The quantitative estimate of drug-likeness (QED) is 0.786. The molecule has 0 aromatic heterocycles. The minimum Gasteiger partial charge on any atom is -0.493 e. The third-order valence-electron chi connectivity index (χ3n) is 6.22. The maximum absolute atomic E-state index is 13.5. The summed E-state index contributed by atoms with van der Waals surface area (Å²) in [6.45, 7) is 3.67. The number of aliphatic hydroxyl groups is 1. The SMILES string of the molecule is COc1cc2c(c(OC)c1OC)-c1c(cc3c(c1OC)OCO3)C(=O)[C@@H](C)[C@@H](C)[C@@H]2O. The number of Topliss-reactive ketones (excluding diaryl/α,β-unsaturated/α-hetero) is 1. The van der Waals surface area contributed by atoms with Gasteiger partial charge in [-0.1, -0.05) is 13.8 Å². The topological polar surface area (TPSA) is 92.7 Å². The third-order valence-corrected chi connectivity index (χ3v) is 6.22. The van der Waals surface area contributed by atoms with Crippen molar-refractivity contribution in [1.29, 1.82) is 0 Å². The Morgan fingerprint density at radius 2 is 1.58 bits per heavy atom. The van der Waals surface area contributed by atoms with Crippen LogP contribution >= 0.6 is 0 Å². The smallest absolute Gasteiger partial charge is 0.231 e. The van der Waals surface area contributed by atoms with Crippen LogP contribution < -0.4 is 28.4 Å². The van der Waals surface area contributed by atoms with Crippen LogP contribution in [0, 0.1) is 11.8 Å². The molecule has 2 aromatic carbocycles. The monoisotopic (exact) mass is 430 g/mol. The molecular weight excluding hydrogens is 404 g/mol. The van der Waals surface area contributed by atoms with Crippen LogP contribution in [-0.4, -0.2) is 46.1 Å². The van der Waals surface area contributed by atoms with Crippen molar-refractivity contribution < 1.29 is 38.3 Å². The molecule has 31 heavy (non-hydrogen) atoms. The van der Waals surface area contributed by atoms with Crippen LogP contribution in [0.3, 0.4) is 0 Å². The Labute approximate surface area is 180 Å². The maximum atomic E-state index is 13.5. The zero-order valence-corrected chi connectivity index (χ0v) is 18.4. The standard InChI is InChI=1S/C23H26O8/c1-10-11(2)19(25)13-8-15-21(31-9-30-15)23(29-6)17(13)16-12(18(10)24)7-14(26-3)20(27-4)22(16)28-5/h7-8,10-11,18,24H,9H2,1-6H3/t10-,11+,18+/m1/s1. The summed E-state index contributed by atoms with van der Waals surface area (Å²) in [6.07, 6.45) is -0.967. The number of ether oxygens (including phenoxy) is 6. The van der Waals surface area contributed by atoms with Gasteiger partial charge in [0.05, 0.1) is 34.5 Å². The zero-order valence-electron chi connectivity index (χ0n) is 18.4. The van der Waals surface area contributed by atoms with Crippen molar-refractivity contribution in [2.75, 3.05) is 35.2 Å². The van der Waals surface area contributed by atoms with Gasteiger partial charge in [0.15, 0.2) is 28.8 Å². The number of carbonyl (C=O) groups excluding carboxylic acids is 1. The Kier molecular flexibility index (Phi) is 5.35. The van der Waals surface area contributed by atoms with E-state index in [-0.39, 0.29) is 18.5 Å². The highest BCUT2D eigenvalue weighted by Crippen LogP contribution is 2.57. The number of hydrogen-bond acceptors (Lipinski definition) is 8. The summed E-state index contributed by atoms with van der Waals surface area (Å²) in [5, 5.41) is 11.3. The van der Waals surface area contributed by atoms with Gasteiger partial charge in [-0.3, -0.25) is 4.79 Å². The first-order valence-electron chi connectivity index (χ1n) is 9.95. The van der Waals surface area contributed by atoms with Crippen LogP contribution in [-0.2, 0) is 0 Å². The molecule has 2 aliphatic rings. The second kappa shape index (κ2) is 7.85. The van der Waals surface area contributed by atoms with Crippen molar-refractivity contribution in [3.63, 3.8) is 0 Å². The van der Waals surface area contributed by atoms with E-state index < -0.39 is 12.0 Å². The van der Waals surface area contributed by atoms with Gasteiger partial charge in [0.25, 0.3) is 0 Å². The molecule has 4 rings (SSSR count). The third kappa shape index (κ3) is 2.96. The Hall–Kier alpha value is -3.13. The molecule has 0 spiro atoms. The number of benzene rings is 2. The summed E-state index contributed by atoms with van der Waals surface area (Å²) in [5.41, 5.74) is 1.89. The van der Waals surface area contributed by atoms with E-state index >= 15 is 0 Å². The number of aliphatic hydroxyl groups excluding tert-OH is 1. The summed E-state index contributed by atoms with van der Waals surface area (Å²) in [4.78, 5) is 13.5. The van der Waals surface area contributed by atoms with E-state index in [0.717, 1.165) is 0 Å². The lowest BCUT2D eigenvalue weighted by atomic mass is 9.75. The molecule has 8 heteroatoms. The van der Waals surface area contributed by atoms with Gasteiger partial charge in [0.1, 0.15) is 0 Å². The minimum atomic E-state index is -0.967.